The van der Waals surface area contributed by atoms with E-state index in [0.717, 1.165) is 45.5 Å². The van der Waals surface area contributed by atoms with Gasteiger partial charge in [0, 0.05) is 60.8 Å². The number of likely N-dealkylation sites (tertiary alicyclic amines) is 1. The Balaban J connectivity index is 1.55. The molecule has 1 aromatic carbocycles. The number of aromatic amines is 2. The van der Waals surface area contributed by atoms with Gasteiger partial charge in [-0.3, -0.25) is 10.2 Å². The molecule has 2 N–H and O–H groups in total. The Bertz CT molecular complexity index is 1160. The molecule has 1 saturated heterocycles. The Kier molecular flexibility index (Phi) is 4.92. The van der Waals surface area contributed by atoms with E-state index in [2.05, 4.69) is 44.5 Å². The first-order valence-corrected chi connectivity index (χ1v) is 10.6. The molecular weight excluding hydrogens is 398 g/mol. The Morgan fingerprint density at radius 3 is 2.77 bits per heavy atom. The van der Waals surface area contributed by atoms with Crippen molar-refractivity contribution in [2.24, 2.45) is 10.9 Å². The predicted molar refractivity (Wildman–Crippen MR) is 118 cm³/mol. The molecule has 1 unspecified atom stereocenters. The molecule has 6 nitrogen and oxygen atoms in total. The molecule has 5 rings (SSSR count). The molecule has 160 valence electrons. The number of benzene rings is 1. The smallest absolute Gasteiger partial charge is 0.251 e. The number of hydrogen-bond donors (Lipinski definition) is 2. The molecule has 0 spiro atoms. The van der Waals surface area contributed by atoms with Crippen molar-refractivity contribution in [2.45, 2.75) is 32.1 Å². The van der Waals surface area contributed by atoms with E-state index >= 15 is 0 Å². The van der Waals surface area contributed by atoms with E-state index in [9.17, 15) is 8.78 Å². The summed E-state index contributed by atoms with van der Waals surface area (Å²) in [6.45, 7) is 2.70. The van der Waals surface area contributed by atoms with E-state index in [0.29, 0.717) is 13.1 Å². The van der Waals surface area contributed by atoms with Crippen LogP contribution in [0, 0.1) is 5.92 Å². The summed E-state index contributed by atoms with van der Waals surface area (Å²) < 4.78 is 27.3. The number of piperidine rings is 1. The molecule has 0 bridgehead atoms. The normalized spacial score (nSPS) is 21.1. The van der Waals surface area contributed by atoms with Gasteiger partial charge in [-0.05, 0) is 30.2 Å². The number of H-pyrrole nitrogens is 2. The van der Waals surface area contributed by atoms with Crippen LogP contribution in [0.15, 0.2) is 53.6 Å². The van der Waals surface area contributed by atoms with Crippen molar-refractivity contribution in [2.75, 3.05) is 13.1 Å². The molecule has 1 atom stereocenters. The van der Waals surface area contributed by atoms with Crippen LogP contribution in [-0.4, -0.2) is 50.5 Å². The molecule has 3 aromatic rings. The highest BCUT2D eigenvalue weighted by molar-refractivity contribution is 5.96. The van der Waals surface area contributed by atoms with Crippen molar-refractivity contribution < 1.29 is 8.78 Å². The van der Waals surface area contributed by atoms with Crippen molar-refractivity contribution >= 4 is 22.7 Å². The van der Waals surface area contributed by atoms with Crippen LogP contribution in [0.4, 0.5) is 8.78 Å². The van der Waals surface area contributed by atoms with Crippen LogP contribution < -0.4 is 0 Å². The van der Waals surface area contributed by atoms with Crippen molar-refractivity contribution in [1.82, 2.24) is 25.3 Å². The minimum atomic E-state index is -2.59. The van der Waals surface area contributed by atoms with Crippen LogP contribution in [0.2, 0.25) is 0 Å². The molecular formula is C23H24F2N6. The van der Waals surface area contributed by atoms with Gasteiger partial charge in [-0.25, -0.2) is 13.8 Å². The van der Waals surface area contributed by atoms with Gasteiger partial charge in [0.1, 0.15) is 5.82 Å². The van der Waals surface area contributed by atoms with Gasteiger partial charge in [-0.15, -0.1) is 0 Å². The standard InChI is InChI=1S/C23H24F2N6/c1-2-15-9-17(11-21(26-12-15)31-7-5-23(24,25)6-8-31)22-19-10-16(18-13-27-28-14-18)3-4-20(19)29-30-22/h3-4,9-15H,2,5-8H2,1H3,(H,27,28)(H,29,30). The zero-order valence-electron chi connectivity index (χ0n) is 17.3. The number of alkyl halides is 2. The minimum Gasteiger partial charge on any atom is -0.356 e. The summed E-state index contributed by atoms with van der Waals surface area (Å²) in [4.78, 5) is 6.61. The quantitative estimate of drug-likeness (QED) is 0.620. The second kappa shape index (κ2) is 7.76. The van der Waals surface area contributed by atoms with Crippen LogP contribution in [0.25, 0.3) is 27.6 Å². The molecule has 2 aliphatic rings. The first-order chi connectivity index (χ1) is 15.0. The number of aromatic nitrogens is 4. The maximum atomic E-state index is 13.7. The van der Waals surface area contributed by atoms with E-state index < -0.39 is 5.92 Å². The lowest BCUT2D eigenvalue weighted by Crippen LogP contribution is -2.38. The van der Waals surface area contributed by atoms with Gasteiger partial charge in [0.05, 0.1) is 17.4 Å². The van der Waals surface area contributed by atoms with Gasteiger partial charge in [0.15, 0.2) is 0 Å². The zero-order valence-corrected chi connectivity index (χ0v) is 17.3. The first-order valence-electron chi connectivity index (χ1n) is 10.6. The van der Waals surface area contributed by atoms with Gasteiger partial charge in [-0.2, -0.15) is 10.2 Å². The predicted octanol–water partition coefficient (Wildman–Crippen LogP) is 5.02. The van der Waals surface area contributed by atoms with Gasteiger partial charge in [0.25, 0.3) is 5.92 Å². The topological polar surface area (TPSA) is 73.0 Å². The van der Waals surface area contributed by atoms with Gasteiger partial charge in [0.2, 0.25) is 0 Å². The summed E-state index contributed by atoms with van der Waals surface area (Å²) >= 11 is 0. The lowest BCUT2D eigenvalue weighted by molar-refractivity contribution is -0.0490. The fourth-order valence-electron chi connectivity index (χ4n) is 4.10. The Morgan fingerprint density at radius 2 is 2.03 bits per heavy atom. The van der Waals surface area contributed by atoms with Crippen LogP contribution in [-0.2, 0) is 0 Å². The first kappa shape index (κ1) is 19.7. The molecule has 0 saturated carbocycles. The molecule has 0 radical (unpaired) electrons. The number of nitrogens with one attached hydrogen (secondary N) is 2. The maximum absolute atomic E-state index is 13.7. The average Bonchev–Trinajstić information content (AvgIpc) is 3.40. The van der Waals surface area contributed by atoms with Gasteiger partial charge < -0.3 is 4.90 Å². The van der Waals surface area contributed by atoms with Gasteiger partial charge >= 0.3 is 0 Å². The lowest BCUT2D eigenvalue weighted by atomic mass is 9.99. The van der Waals surface area contributed by atoms with Crippen molar-refractivity contribution in [3.63, 3.8) is 0 Å². The molecule has 2 aliphatic heterocycles. The Labute approximate surface area is 178 Å². The fraction of sp³-hybridized carbons (Fsp3) is 0.348. The Hall–Kier alpha value is -3.29. The zero-order chi connectivity index (χ0) is 21.4. The number of nitrogens with zero attached hydrogens (tertiary/aromatic N) is 4. The molecule has 4 heterocycles. The van der Waals surface area contributed by atoms with E-state index in [1.54, 1.807) is 6.20 Å². The molecule has 31 heavy (non-hydrogen) atoms. The third-order valence-corrected chi connectivity index (χ3v) is 6.03. The van der Waals surface area contributed by atoms with Gasteiger partial charge in [-0.1, -0.05) is 19.1 Å². The lowest BCUT2D eigenvalue weighted by Gasteiger charge is -2.33. The number of fused-ring (bicyclic) bond motifs is 1. The molecule has 1 fully saturated rings. The van der Waals surface area contributed by atoms with E-state index in [-0.39, 0.29) is 18.8 Å². The number of allylic oxidation sites excluding steroid dienone is 3. The third-order valence-electron chi connectivity index (χ3n) is 6.03. The largest absolute Gasteiger partial charge is 0.356 e. The monoisotopic (exact) mass is 422 g/mol. The van der Waals surface area contributed by atoms with Crippen molar-refractivity contribution in [3.05, 3.63) is 54.3 Å². The maximum Gasteiger partial charge on any atom is 0.251 e. The average molecular weight is 422 g/mol. The summed E-state index contributed by atoms with van der Waals surface area (Å²) in [5.41, 5.74) is 4.78. The summed E-state index contributed by atoms with van der Waals surface area (Å²) in [6.07, 6.45) is 10.3. The summed E-state index contributed by atoms with van der Waals surface area (Å²) in [7, 11) is 0. The summed E-state index contributed by atoms with van der Waals surface area (Å²) in [5.74, 6) is -1.71. The van der Waals surface area contributed by atoms with Crippen molar-refractivity contribution in [1.29, 1.82) is 0 Å². The van der Waals surface area contributed by atoms with Crippen LogP contribution in [0.3, 0.4) is 0 Å². The van der Waals surface area contributed by atoms with Crippen LogP contribution >= 0.6 is 0 Å². The van der Waals surface area contributed by atoms with Crippen LogP contribution in [0.1, 0.15) is 31.9 Å². The highest BCUT2D eigenvalue weighted by Gasteiger charge is 2.34. The number of aliphatic imine (C=N–C) groups is 1. The van der Waals surface area contributed by atoms with E-state index in [4.69, 9.17) is 0 Å². The second-order valence-electron chi connectivity index (χ2n) is 8.14. The highest BCUT2D eigenvalue weighted by atomic mass is 19.3. The van der Waals surface area contributed by atoms with Crippen LogP contribution in [0.5, 0.6) is 0 Å². The number of hydrogen-bond acceptors (Lipinski definition) is 4. The Morgan fingerprint density at radius 1 is 1.19 bits per heavy atom. The number of halogens is 2. The second-order valence-corrected chi connectivity index (χ2v) is 8.14. The fourth-order valence-corrected chi connectivity index (χ4v) is 4.10. The molecule has 8 heteroatoms. The van der Waals surface area contributed by atoms with E-state index in [1.165, 1.54) is 0 Å². The number of rotatable bonds is 4. The summed E-state index contributed by atoms with van der Waals surface area (Å²) in [5, 5.41) is 15.6. The van der Waals surface area contributed by atoms with E-state index in [1.807, 2.05) is 35.5 Å². The SMILES string of the molecule is CCC1C=NC(N2CCC(F)(F)CC2)=CC(c2n[nH]c3ccc(-c4cn[nH]c4)cc23)=C1. The molecule has 2 aromatic heterocycles. The molecule has 0 amide bonds. The summed E-state index contributed by atoms with van der Waals surface area (Å²) in [6, 6.07) is 6.14. The molecule has 0 aliphatic carbocycles. The van der Waals surface area contributed by atoms with Crippen molar-refractivity contribution in [3.8, 4) is 11.1 Å². The third kappa shape index (κ3) is 3.89. The minimum absolute atomic E-state index is 0.143. The highest BCUT2D eigenvalue weighted by Crippen LogP contribution is 2.34.